The number of nitrogens with zero attached hydrogens (tertiary/aromatic N) is 1. The lowest BCUT2D eigenvalue weighted by Crippen LogP contribution is -2.44. The molecule has 4 nitrogen and oxygen atoms in total. The number of likely N-dealkylation sites (tertiary alicyclic amines) is 1. The molecule has 0 aliphatic carbocycles. The van der Waals surface area contributed by atoms with E-state index in [-0.39, 0.29) is 17.7 Å². The fraction of sp³-hybridized carbons (Fsp3) is 0.571. The van der Waals surface area contributed by atoms with E-state index in [1.165, 1.54) is 0 Å². The topological polar surface area (TPSA) is 50.5 Å². The second-order valence-electron chi connectivity index (χ2n) is 4.96. The van der Waals surface area contributed by atoms with Gasteiger partial charge in [0.25, 0.3) is 5.91 Å². The molecule has 1 aliphatic rings. The van der Waals surface area contributed by atoms with Gasteiger partial charge in [-0.3, -0.25) is 9.59 Å². The van der Waals surface area contributed by atoms with Crippen molar-refractivity contribution >= 4 is 11.7 Å². The van der Waals surface area contributed by atoms with Gasteiger partial charge in [-0.05, 0) is 45.2 Å². The summed E-state index contributed by atoms with van der Waals surface area (Å²) in [7, 11) is 0. The van der Waals surface area contributed by atoms with Gasteiger partial charge in [-0.15, -0.1) is 0 Å². The van der Waals surface area contributed by atoms with Crippen LogP contribution < -0.4 is 0 Å². The van der Waals surface area contributed by atoms with E-state index in [9.17, 15) is 9.59 Å². The van der Waals surface area contributed by atoms with Crippen LogP contribution in [0.15, 0.2) is 16.5 Å². The molecule has 1 aromatic heterocycles. The molecule has 0 N–H and O–H groups in total. The summed E-state index contributed by atoms with van der Waals surface area (Å²) in [4.78, 5) is 25.4. The lowest BCUT2D eigenvalue weighted by atomic mass is 9.97. The summed E-state index contributed by atoms with van der Waals surface area (Å²) in [5, 5.41) is 0. The summed E-state index contributed by atoms with van der Waals surface area (Å²) in [6.45, 7) is 4.12. The lowest BCUT2D eigenvalue weighted by Gasteiger charge is -2.34. The van der Waals surface area contributed by atoms with Gasteiger partial charge in [0, 0.05) is 19.0 Å². The van der Waals surface area contributed by atoms with E-state index in [4.69, 9.17) is 4.42 Å². The number of carbonyl (C=O) groups is 2. The van der Waals surface area contributed by atoms with Crippen molar-refractivity contribution in [2.75, 3.05) is 6.54 Å². The third-order valence-electron chi connectivity index (χ3n) is 3.36. The SMILES string of the molecule is CC(=O)CC1CCCCN1C(=O)c1ccc(C)o1. The first-order valence-corrected chi connectivity index (χ1v) is 6.45. The Morgan fingerprint density at radius 2 is 2.17 bits per heavy atom. The monoisotopic (exact) mass is 249 g/mol. The molecule has 0 spiro atoms. The third-order valence-corrected chi connectivity index (χ3v) is 3.36. The third kappa shape index (κ3) is 2.81. The number of carbonyl (C=O) groups excluding carboxylic acids is 2. The van der Waals surface area contributed by atoms with E-state index in [2.05, 4.69) is 0 Å². The van der Waals surface area contributed by atoms with Crippen molar-refractivity contribution in [3.05, 3.63) is 23.7 Å². The van der Waals surface area contributed by atoms with Crippen molar-refractivity contribution in [1.82, 2.24) is 4.90 Å². The second-order valence-corrected chi connectivity index (χ2v) is 4.96. The number of piperidine rings is 1. The summed E-state index contributed by atoms with van der Waals surface area (Å²) >= 11 is 0. The average Bonchev–Trinajstić information content (AvgIpc) is 2.75. The Morgan fingerprint density at radius 1 is 1.39 bits per heavy atom. The van der Waals surface area contributed by atoms with Crippen LogP contribution in [0.2, 0.25) is 0 Å². The molecule has 1 saturated heterocycles. The standard InChI is InChI=1S/C14H19NO3/c1-10(16)9-12-5-3-4-8-15(12)14(17)13-7-6-11(2)18-13/h6-7,12H,3-5,8-9H2,1-2H3. The van der Waals surface area contributed by atoms with Crippen LogP contribution in [0.25, 0.3) is 0 Å². The minimum atomic E-state index is -0.0888. The van der Waals surface area contributed by atoms with Crippen LogP contribution in [0.3, 0.4) is 0 Å². The number of hydrogen-bond acceptors (Lipinski definition) is 3. The Hall–Kier alpha value is -1.58. The molecule has 0 bridgehead atoms. The molecule has 2 rings (SSSR count). The molecule has 0 saturated carbocycles. The normalized spacial score (nSPS) is 19.9. The van der Waals surface area contributed by atoms with Gasteiger partial charge in [-0.2, -0.15) is 0 Å². The fourth-order valence-electron chi connectivity index (χ4n) is 2.50. The maximum atomic E-state index is 12.3. The van der Waals surface area contributed by atoms with Gasteiger partial charge in [0.1, 0.15) is 11.5 Å². The number of rotatable bonds is 3. The molecular formula is C14H19NO3. The van der Waals surface area contributed by atoms with Crippen LogP contribution in [0.5, 0.6) is 0 Å². The van der Waals surface area contributed by atoms with E-state index >= 15 is 0 Å². The van der Waals surface area contributed by atoms with Crippen molar-refractivity contribution in [2.45, 2.75) is 45.6 Å². The van der Waals surface area contributed by atoms with Crippen molar-refractivity contribution < 1.29 is 14.0 Å². The number of hydrogen-bond donors (Lipinski definition) is 0. The summed E-state index contributed by atoms with van der Waals surface area (Å²) in [6, 6.07) is 3.53. The summed E-state index contributed by atoms with van der Waals surface area (Å²) in [5.74, 6) is 1.16. The predicted molar refractivity (Wildman–Crippen MR) is 67.4 cm³/mol. The van der Waals surface area contributed by atoms with Crippen LogP contribution in [-0.2, 0) is 4.79 Å². The Balaban J connectivity index is 2.13. The Morgan fingerprint density at radius 3 is 2.78 bits per heavy atom. The maximum Gasteiger partial charge on any atom is 0.289 e. The summed E-state index contributed by atoms with van der Waals surface area (Å²) in [5.41, 5.74) is 0. The molecule has 0 radical (unpaired) electrons. The maximum absolute atomic E-state index is 12.3. The number of Topliss-reactive ketones (excluding diaryl/α,β-unsaturated/α-hetero) is 1. The fourth-order valence-corrected chi connectivity index (χ4v) is 2.50. The van der Waals surface area contributed by atoms with Gasteiger partial charge < -0.3 is 9.32 Å². The first-order chi connectivity index (χ1) is 8.58. The predicted octanol–water partition coefficient (Wildman–Crippen LogP) is 2.56. The molecule has 1 aromatic rings. The lowest BCUT2D eigenvalue weighted by molar-refractivity contribution is -0.118. The molecule has 1 aliphatic heterocycles. The highest BCUT2D eigenvalue weighted by Gasteiger charge is 2.29. The number of furan rings is 1. The highest BCUT2D eigenvalue weighted by Crippen LogP contribution is 2.22. The van der Waals surface area contributed by atoms with Gasteiger partial charge >= 0.3 is 0 Å². The zero-order chi connectivity index (χ0) is 13.1. The Bertz CT molecular complexity index is 450. The van der Waals surface area contributed by atoms with Crippen LogP contribution in [0.4, 0.5) is 0 Å². The number of aryl methyl sites for hydroxylation is 1. The first kappa shape index (κ1) is 12.9. The van der Waals surface area contributed by atoms with Crippen LogP contribution in [0, 0.1) is 6.92 Å². The van der Waals surface area contributed by atoms with Crippen molar-refractivity contribution in [1.29, 1.82) is 0 Å². The largest absolute Gasteiger partial charge is 0.456 e. The number of ketones is 1. The van der Waals surface area contributed by atoms with Crippen molar-refractivity contribution in [3.63, 3.8) is 0 Å². The van der Waals surface area contributed by atoms with Gasteiger partial charge in [-0.1, -0.05) is 0 Å². The molecule has 1 unspecified atom stereocenters. The van der Waals surface area contributed by atoms with Crippen molar-refractivity contribution in [3.8, 4) is 0 Å². The second kappa shape index (κ2) is 5.38. The Labute approximate surface area is 107 Å². The van der Waals surface area contributed by atoms with Crippen LogP contribution in [0.1, 0.15) is 48.9 Å². The highest BCUT2D eigenvalue weighted by atomic mass is 16.3. The van der Waals surface area contributed by atoms with E-state index in [1.807, 2.05) is 6.92 Å². The van der Waals surface area contributed by atoms with E-state index < -0.39 is 0 Å². The highest BCUT2D eigenvalue weighted by molar-refractivity contribution is 5.92. The average molecular weight is 249 g/mol. The zero-order valence-corrected chi connectivity index (χ0v) is 10.9. The van der Waals surface area contributed by atoms with Gasteiger partial charge in [0.05, 0.1) is 0 Å². The first-order valence-electron chi connectivity index (χ1n) is 6.45. The van der Waals surface area contributed by atoms with Gasteiger partial charge in [-0.25, -0.2) is 0 Å². The molecule has 2 heterocycles. The summed E-state index contributed by atoms with van der Waals surface area (Å²) < 4.78 is 5.38. The zero-order valence-electron chi connectivity index (χ0n) is 10.9. The van der Waals surface area contributed by atoms with E-state index in [1.54, 1.807) is 24.0 Å². The molecule has 4 heteroatoms. The van der Waals surface area contributed by atoms with Crippen molar-refractivity contribution in [2.24, 2.45) is 0 Å². The van der Waals surface area contributed by atoms with Crippen LogP contribution in [-0.4, -0.2) is 29.2 Å². The minimum absolute atomic E-state index is 0.0363. The number of amides is 1. The molecular weight excluding hydrogens is 230 g/mol. The van der Waals surface area contributed by atoms with Gasteiger partial charge in [0.15, 0.2) is 5.76 Å². The van der Waals surface area contributed by atoms with Gasteiger partial charge in [0.2, 0.25) is 0 Å². The molecule has 0 aromatic carbocycles. The van der Waals surface area contributed by atoms with Crippen LogP contribution >= 0.6 is 0 Å². The minimum Gasteiger partial charge on any atom is -0.456 e. The summed E-state index contributed by atoms with van der Waals surface area (Å²) in [6.07, 6.45) is 3.44. The molecule has 98 valence electrons. The molecule has 1 fully saturated rings. The van der Waals surface area contributed by atoms with E-state index in [0.29, 0.717) is 12.2 Å². The molecule has 1 atom stereocenters. The smallest absolute Gasteiger partial charge is 0.289 e. The quantitative estimate of drug-likeness (QED) is 0.827. The Kier molecular flexibility index (Phi) is 3.84. The van der Waals surface area contributed by atoms with E-state index in [0.717, 1.165) is 31.6 Å². The molecule has 18 heavy (non-hydrogen) atoms. The molecule has 1 amide bonds.